The van der Waals surface area contributed by atoms with Gasteiger partial charge in [0.15, 0.2) is 5.60 Å². The lowest BCUT2D eigenvalue weighted by molar-refractivity contribution is -0.140. The molecule has 3 rings (SSSR count). The standard InChI is InChI=1S/C16H16FN3O3/c17-12-2-3-13-10(7-12)6-11(8-19-13)14(21)20-5-1-4-16(23,9-20)15(18)22/h2-3,6-8,23H,1,4-5,9H2,(H2,18,22). The molecule has 1 unspecified atom stereocenters. The number of halogens is 1. The fourth-order valence-corrected chi connectivity index (χ4v) is 2.81. The van der Waals surface area contributed by atoms with Crippen LogP contribution >= 0.6 is 0 Å². The van der Waals surface area contributed by atoms with Gasteiger partial charge < -0.3 is 15.7 Å². The number of rotatable bonds is 2. The second-order valence-electron chi connectivity index (χ2n) is 5.79. The van der Waals surface area contributed by atoms with Gasteiger partial charge in [-0.15, -0.1) is 0 Å². The van der Waals surface area contributed by atoms with Gasteiger partial charge in [-0.05, 0) is 37.1 Å². The molecule has 0 spiro atoms. The highest BCUT2D eigenvalue weighted by Gasteiger charge is 2.40. The molecule has 3 N–H and O–H groups in total. The lowest BCUT2D eigenvalue weighted by Crippen LogP contribution is -2.57. The molecule has 1 aliphatic rings. The highest BCUT2D eigenvalue weighted by atomic mass is 19.1. The minimum absolute atomic E-state index is 0.150. The summed E-state index contributed by atoms with van der Waals surface area (Å²) >= 11 is 0. The molecule has 120 valence electrons. The van der Waals surface area contributed by atoms with Crippen LogP contribution in [-0.2, 0) is 4.79 Å². The fraction of sp³-hybridized carbons (Fsp3) is 0.312. The van der Waals surface area contributed by atoms with Gasteiger partial charge >= 0.3 is 0 Å². The van der Waals surface area contributed by atoms with Crippen LogP contribution in [0.1, 0.15) is 23.2 Å². The first-order valence-electron chi connectivity index (χ1n) is 7.26. The molecule has 0 radical (unpaired) electrons. The summed E-state index contributed by atoms with van der Waals surface area (Å²) in [6, 6.07) is 5.68. The smallest absolute Gasteiger partial charge is 0.255 e. The number of amides is 2. The van der Waals surface area contributed by atoms with E-state index >= 15 is 0 Å². The van der Waals surface area contributed by atoms with E-state index < -0.39 is 17.3 Å². The maximum atomic E-state index is 13.3. The zero-order valence-electron chi connectivity index (χ0n) is 12.3. The Bertz CT molecular complexity index is 795. The van der Waals surface area contributed by atoms with Crippen LogP contribution in [0.4, 0.5) is 4.39 Å². The second kappa shape index (κ2) is 5.58. The van der Waals surface area contributed by atoms with E-state index in [4.69, 9.17) is 5.73 Å². The number of likely N-dealkylation sites (tertiary alicyclic amines) is 1. The summed E-state index contributed by atoms with van der Waals surface area (Å²) < 4.78 is 13.3. The summed E-state index contributed by atoms with van der Waals surface area (Å²) in [5.74, 6) is -1.62. The van der Waals surface area contributed by atoms with E-state index in [0.717, 1.165) is 0 Å². The fourth-order valence-electron chi connectivity index (χ4n) is 2.81. The van der Waals surface area contributed by atoms with Gasteiger partial charge in [0.1, 0.15) is 5.82 Å². The number of nitrogens with zero attached hydrogens (tertiary/aromatic N) is 2. The van der Waals surface area contributed by atoms with Crippen LogP contribution in [0.5, 0.6) is 0 Å². The number of benzene rings is 1. The average Bonchev–Trinajstić information content (AvgIpc) is 2.53. The average molecular weight is 317 g/mol. The zero-order valence-corrected chi connectivity index (χ0v) is 12.3. The number of primary amides is 1. The third-order valence-electron chi connectivity index (χ3n) is 4.11. The number of nitrogens with two attached hydrogens (primary N) is 1. The number of carbonyl (C=O) groups is 2. The Labute approximate surface area is 131 Å². The van der Waals surface area contributed by atoms with Gasteiger partial charge in [0, 0.05) is 18.1 Å². The van der Waals surface area contributed by atoms with Gasteiger partial charge in [-0.25, -0.2) is 4.39 Å². The number of hydrogen-bond acceptors (Lipinski definition) is 4. The quantitative estimate of drug-likeness (QED) is 0.857. The Morgan fingerprint density at radius 1 is 1.35 bits per heavy atom. The van der Waals surface area contributed by atoms with E-state index in [9.17, 15) is 19.1 Å². The topological polar surface area (TPSA) is 96.5 Å². The Balaban J connectivity index is 1.89. The molecule has 2 aromatic rings. The molecule has 0 saturated carbocycles. The molecule has 2 heterocycles. The number of aliphatic hydroxyl groups is 1. The normalized spacial score (nSPS) is 21.4. The monoisotopic (exact) mass is 317 g/mol. The number of hydrogen-bond donors (Lipinski definition) is 2. The van der Waals surface area contributed by atoms with Crippen molar-refractivity contribution < 1.29 is 19.1 Å². The van der Waals surface area contributed by atoms with Crippen LogP contribution in [0.15, 0.2) is 30.5 Å². The van der Waals surface area contributed by atoms with Crippen molar-refractivity contribution in [3.63, 3.8) is 0 Å². The van der Waals surface area contributed by atoms with Crippen molar-refractivity contribution in [2.24, 2.45) is 5.73 Å². The van der Waals surface area contributed by atoms with Crippen molar-refractivity contribution in [1.29, 1.82) is 0 Å². The van der Waals surface area contributed by atoms with Crippen molar-refractivity contribution >= 4 is 22.7 Å². The van der Waals surface area contributed by atoms with Crippen molar-refractivity contribution in [3.8, 4) is 0 Å². The summed E-state index contributed by atoms with van der Waals surface area (Å²) in [6.07, 6.45) is 2.11. The summed E-state index contributed by atoms with van der Waals surface area (Å²) in [7, 11) is 0. The molecule has 1 atom stereocenters. The van der Waals surface area contributed by atoms with E-state index in [0.29, 0.717) is 23.9 Å². The minimum Gasteiger partial charge on any atom is -0.378 e. The lowest BCUT2D eigenvalue weighted by Gasteiger charge is -2.37. The van der Waals surface area contributed by atoms with Crippen LogP contribution in [0, 0.1) is 5.82 Å². The van der Waals surface area contributed by atoms with Crippen LogP contribution < -0.4 is 5.73 Å². The minimum atomic E-state index is -1.70. The maximum Gasteiger partial charge on any atom is 0.255 e. The number of piperidine rings is 1. The number of β-amino-alcohol motifs (C(OH)–C–C–N with tert-alkyl or cyclic N) is 1. The Morgan fingerprint density at radius 2 is 2.13 bits per heavy atom. The maximum absolute atomic E-state index is 13.3. The Morgan fingerprint density at radius 3 is 2.87 bits per heavy atom. The second-order valence-corrected chi connectivity index (χ2v) is 5.79. The summed E-state index contributed by atoms with van der Waals surface area (Å²) in [6.45, 7) is 0.262. The van der Waals surface area contributed by atoms with Gasteiger partial charge in [-0.3, -0.25) is 14.6 Å². The van der Waals surface area contributed by atoms with Gasteiger partial charge in [-0.2, -0.15) is 0 Å². The number of pyridine rings is 1. The number of carbonyl (C=O) groups excluding carboxylic acids is 2. The Kier molecular flexibility index (Phi) is 3.73. The molecular weight excluding hydrogens is 301 g/mol. The summed E-state index contributed by atoms with van der Waals surface area (Å²) in [4.78, 5) is 29.5. The third kappa shape index (κ3) is 2.87. The summed E-state index contributed by atoms with van der Waals surface area (Å²) in [5.41, 5.74) is 4.36. The van der Waals surface area contributed by atoms with Crippen LogP contribution in [0.2, 0.25) is 0 Å². The van der Waals surface area contributed by atoms with Gasteiger partial charge in [0.05, 0.1) is 17.6 Å². The molecule has 1 aromatic heterocycles. The molecule has 2 amide bonds. The molecule has 1 fully saturated rings. The molecule has 23 heavy (non-hydrogen) atoms. The van der Waals surface area contributed by atoms with E-state index in [1.807, 2.05) is 0 Å². The lowest BCUT2D eigenvalue weighted by atomic mass is 9.92. The van der Waals surface area contributed by atoms with Gasteiger partial charge in [-0.1, -0.05) is 0 Å². The van der Waals surface area contributed by atoms with Gasteiger partial charge in [0.25, 0.3) is 11.8 Å². The first kappa shape index (κ1) is 15.4. The molecule has 1 aliphatic heterocycles. The third-order valence-corrected chi connectivity index (χ3v) is 4.11. The van der Waals surface area contributed by atoms with Crippen LogP contribution in [0.25, 0.3) is 10.9 Å². The molecule has 1 aromatic carbocycles. The van der Waals surface area contributed by atoms with E-state index in [1.165, 1.54) is 29.3 Å². The molecule has 6 nitrogen and oxygen atoms in total. The number of aromatic nitrogens is 1. The van der Waals surface area contributed by atoms with Crippen molar-refractivity contribution in [1.82, 2.24) is 9.88 Å². The van der Waals surface area contributed by atoms with E-state index in [-0.39, 0.29) is 24.4 Å². The summed E-state index contributed by atoms with van der Waals surface area (Å²) in [5, 5.41) is 10.7. The predicted octanol–water partition coefficient (Wildman–Crippen LogP) is 0.826. The van der Waals surface area contributed by atoms with E-state index in [2.05, 4.69) is 4.98 Å². The predicted molar refractivity (Wildman–Crippen MR) is 81.0 cm³/mol. The van der Waals surface area contributed by atoms with E-state index in [1.54, 1.807) is 6.07 Å². The van der Waals surface area contributed by atoms with Crippen LogP contribution in [-0.4, -0.2) is 45.5 Å². The SMILES string of the molecule is NC(=O)C1(O)CCCN(C(=O)c2cnc3ccc(F)cc3c2)C1. The first-order chi connectivity index (χ1) is 10.9. The van der Waals surface area contributed by atoms with Crippen LogP contribution in [0.3, 0.4) is 0 Å². The van der Waals surface area contributed by atoms with Crippen molar-refractivity contribution in [2.45, 2.75) is 18.4 Å². The van der Waals surface area contributed by atoms with Crippen molar-refractivity contribution in [3.05, 3.63) is 41.8 Å². The Hall–Kier alpha value is -2.54. The molecule has 7 heteroatoms. The largest absolute Gasteiger partial charge is 0.378 e. The number of fused-ring (bicyclic) bond motifs is 1. The molecule has 1 saturated heterocycles. The first-order valence-corrected chi connectivity index (χ1v) is 7.26. The molecule has 0 aliphatic carbocycles. The molecular formula is C16H16FN3O3. The molecule has 0 bridgehead atoms. The van der Waals surface area contributed by atoms with Gasteiger partial charge in [0.2, 0.25) is 0 Å². The highest BCUT2D eigenvalue weighted by molar-refractivity contribution is 5.98. The highest BCUT2D eigenvalue weighted by Crippen LogP contribution is 2.23. The zero-order chi connectivity index (χ0) is 16.6. The van der Waals surface area contributed by atoms with Crippen molar-refractivity contribution in [2.75, 3.05) is 13.1 Å².